The predicted molar refractivity (Wildman–Crippen MR) is 69.0 cm³/mol. The van der Waals surface area contributed by atoms with E-state index in [0.717, 1.165) is 48.3 Å². The molecule has 0 aliphatic heterocycles. The summed E-state index contributed by atoms with van der Waals surface area (Å²) in [6, 6.07) is 2.00. The Morgan fingerprint density at radius 1 is 1.39 bits per heavy atom. The lowest BCUT2D eigenvalue weighted by Crippen LogP contribution is -2.12. The highest BCUT2D eigenvalue weighted by atomic mass is 16.3. The Balaban J connectivity index is 2.05. The van der Waals surface area contributed by atoms with E-state index < -0.39 is 0 Å². The van der Waals surface area contributed by atoms with Crippen LogP contribution in [0.3, 0.4) is 0 Å². The van der Waals surface area contributed by atoms with E-state index in [1.54, 1.807) is 6.26 Å². The zero-order valence-electron chi connectivity index (χ0n) is 10.5. The third-order valence-electron chi connectivity index (χ3n) is 3.54. The summed E-state index contributed by atoms with van der Waals surface area (Å²) in [4.78, 5) is 9.04. The summed E-state index contributed by atoms with van der Waals surface area (Å²) in [7, 11) is 0. The van der Waals surface area contributed by atoms with Crippen molar-refractivity contribution in [3.63, 3.8) is 0 Å². The van der Waals surface area contributed by atoms with Crippen LogP contribution < -0.4 is 5.73 Å². The quantitative estimate of drug-likeness (QED) is 0.782. The first-order chi connectivity index (χ1) is 8.75. The number of fused-ring (bicyclic) bond motifs is 1. The Morgan fingerprint density at radius 2 is 2.28 bits per heavy atom. The van der Waals surface area contributed by atoms with E-state index in [4.69, 9.17) is 10.2 Å². The van der Waals surface area contributed by atoms with Gasteiger partial charge in [0.05, 0.1) is 6.26 Å². The van der Waals surface area contributed by atoms with Gasteiger partial charge in [0.15, 0.2) is 11.6 Å². The minimum absolute atomic E-state index is 0.0780. The molecule has 94 valence electrons. The van der Waals surface area contributed by atoms with E-state index in [2.05, 4.69) is 9.97 Å². The second kappa shape index (κ2) is 4.53. The lowest BCUT2D eigenvalue weighted by molar-refractivity contribution is 0.574. The molecule has 1 unspecified atom stereocenters. The van der Waals surface area contributed by atoms with Crippen molar-refractivity contribution < 1.29 is 4.42 Å². The van der Waals surface area contributed by atoms with Crippen molar-refractivity contribution in [1.82, 2.24) is 9.97 Å². The van der Waals surface area contributed by atoms with Crippen LogP contribution in [-0.2, 0) is 6.42 Å². The highest BCUT2D eigenvalue weighted by molar-refractivity contribution is 5.52. The first-order valence-corrected chi connectivity index (χ1v) is 6.41. The van der Waals surface area contributed by atoms with Gasteiger partial charge in [-0.25, -0.2) is 9.97 Å². The second-order valence-electron chi connectivity index (χ2n) is 4.88. The van der Waals surface area contributed by atoms with E-state index >= 15 is 0 Å². The molecule has 2 aromatic rings. The van der Waals surface area contributed by atoms with Gasteiger partial charge in [0.2, 0.25) is 0 Å². The molecule has 0 bridgehead atoms. The van der Waals surface area contributed by atoms with E-state index in [1.165, 1.54) is 0 Å². The molecule has 0 aromatic carbocycles. The molecule has 0 radical (unpaired) electrons. The van der Waals surface area contributed by atoms with Gasteiger partial charge in [0, 0.05) is 23.5 Å². The zero-order chi connectivity index (χ0) is 12.5. The van der Waals surface area contributed by atoms with Gasteiger partial charge in [-0.05, 0) is 37.8 Å². The van der Waals surface area contributed by atoms with Crippen molar-refractivity contribution in [2.24, 2.45) is 5.73 Å². The highest BCUT2D eigenvalue weighted by Gasteiger charge is 2.19. The molecular formula is C14H17N3O. The Bertz CT molecular complexity index is 562. The zero-order valence-corrected chi connectivity index (χ0v) is 10.5. The van der Waals surface area contributed by atoms with Gasteiger partial charge in [-0.2, -0.15) is 0 Å². The number of hydrogen-bond donors (Lipinski definition) is 1. The van der Waals surface area contributed by atoms with Gasteiger partial charge in [-0.1, -0.05) is 6.42 Å². The molecule has 2 aromatic heterocycles. The van der Waals surface area contributed by atoms with Gasteiger partial charge in [-0.3, -0.25) is 0 Å². The standard InChI is InChI=1S/C14H17N3O/c1-9-6-7-18-13(9)14-16-8-10-11(15)4-2-3-5-12(10)17-14/h6-8,11H,2-5,15H2,1H3. The molecule has 4 nitrogen and oxygen atoms in total. The van der Waals surface area contributed by atoms with Crippen molar-refractivity contribution in [2.45, 2.75) is 38.6 Å². The number of aromatic nitrogens is 2. The molecule has 1 aliphatic rings. The van der Waals surface area contributed by atoms with Crippen molar-refractivity contribution >= 4 is 0 Å². The summed E-state index contributed by atoms with van der Waals surface area (Å²) in [5.74, 6) is 1.43. The number of rotatable bonds is 1. The number of hydrogen-bond acceptors (Lipinski definition) is 4. The molecule has 0 saturated carbocycles. The summed E-state index contributed by atoms with van der Waals surface area (Å²) < 4.78 is 5.44. The van der Waals surface area contributed by atoms with Crippen LogP contribution in [0, 0.1) is 6.92 Å². The Morgan fingerprint density at radius 3 is 3.06 bits per heavy atom. The minimum Gasteiger partial charge on any atom is -0.461 e. The predicted octanol–water partition coefficient (Wildman–Crippen LogP) is 2.77. The third-order valence-corrected chi connectivity index (χ3v) is 3.54. The summed E-state index contributed by atoms with van der Waals surface area (Å²) in [5, 5.41) is 0. The Hall–Kier alpha value is -1.68. The fourth-order valence-corrected chi connectivity index (χ4v) is 2.46. The Kier molecular flexibility index (Phi) is 2.88. The van der Waals surface area contributed by atoms with Crippen molar-refractivity contribution in [3.05, 3.63) is 35.3 Å². The van der Waals surface area contributed by atoms with E-state index in [0.29, 0.717) is 5.82 Å². The number of furan rings is 1. The topological polar surface area (TPSA) is 64.9 Å². The maximum Gasteiger partial charge on any atom is 0.196 e. The van der Waals surface area contributed by atoms with Crippen LogP contribution in [0.4, 0.5) is 0 Å². The molecule has 0 saturated heterocycles. The van der Waals surface area contributed by atoms with Gasteiger partial charge in [-0.15, -0.1) is 0 Å². The SMILES string of the molecule is Cc1ccoc1-c1ncc2c(n1)CCCCC2N. The molecule has 4 heteroatoms. The van der Waals surface area contributed by atoms with E-state index in [1.807, 2.05) is 19.2 Å². The molecule has 1 aliphatic carbocycles. The fraction of sp³-hybridized carbons (Fsp3) is 0.429. The molecule has 2 heterocycles. The molecule has 0 spiro atoms. The monoisotopic (exact) mass is 243 g/mol. The average Bonchev–Trinajstić information content (AvgIpc) is 2.71. The van der Waals surface area contributed by atoms with E-state index in [9.17, 15) is 0 Å². The van der Waals surface area contributed by atoms with Crippen LogP contribution in [0.25, 0.3) is 11.6 Å². The number of aryl methyl sites for hydroxylation is 2. The second-order valence-corrected chi connectivity index (χ2v) is 4.88. The summed E-state index contributed by atoms with van der Waals surface area (Å²) >= 11 is 0. The summed E-state index contributed by atoms with van der Waals surface area (Å²) in [6.07, 6.45) is 7.86. The van der Waals surface area contributed by atoms with Gasteiger partial charge in [0.25, 0.3) is 0 Å². The summed E-state index contributed by atoms with van der Waals surface area (Å²) in [5.41, 5.74) is 9.39. The largest absolute Gasteiger partial charge is 0.461 e. The smallest absolute Gasteiger partial charge is 0.196 e. The van der Waals surface area contributed by atoms with Crippen LogP contribution in [0.5, 0.6) is 0 Å². The fourth-order valence-electron chi connectivity index (χ4n) is 2.46. The third kappa shape index (κ3) is 1.93. The molecule has 0 amide bonds. The average molecular weight is 243 g/mol. The van der Waals surface area contributed by atoms with Crippen molar-refractivity contribution in [1.29, 1.82) is 0 Å². The van der Waals surface area contributed by atoms with Crippen LogP contribution in [-0.4, -0.2) is 9.97 Å². The van der Waals surface area contributed by atoms with Crippen LogP contribution in [0.2, 0.25) is 0 Å². The van der Waals surface area contributed by atoms with Crippen molar-refractivity contribution in [2.75, 3.05) is 0 Å². The molecule has 0 fully saturated rings. The van der Waals surface area contributed by atoms with Crippen LogP contribution in [0.15, 0.2) is 22.9 Å². The molecule has 1 atom stereocenters. The van der Waals surface area contributed by atoms with Gasteiger partial charge in [0.1, 0.15) is 0 Å². The molecule has 2 N–H and O–H groups in total. The maximum absolute atomic E-state index is 6.14. The first-order valence-electron chi connectivity index (χ1n) is 6.41. The molecular weight excluding hydrogens is 226 g/mol. The van der Waals surface area contributed by atoms with Crippen molar-refractivity contribution in [3.8, 4) is 11.6 Å². The Labute approximate surface area is 106 Å². The lowest BCUT2D eigenvalue weighted by atomic mass is 10.1. The number of nitrogens with two attached hydrogens (primary N) is 1. The van der Waals surface area contributed by atoms with Crippen LogP contribution in [0.1, 0.15) is 42.1 Å². The summed E-state index contributed by atoms with van der Waals surface area (Å²) in [6.45, 7) is 2.00. The van der Waals surface area contributed by atoms with Gasteiger partial charge < -0.3 is 10.2 Å². The number of nitrogens with zero attached hydrogens (tertiary/aromatic N) is 2. The van der Waals surface area contributed by atoms with Gasteiger partial charge >= 0.3 is 0 Å². The van der Waals surface area contributed by atoms with Crippen LogP contribution >= 0.6 is 0 Å². The highest BCUT2D eigenvalue weighted by Crippen LogP contribution is 2.28. The normalized spacial score (nSPS) is 19.3. The maximum atomic E-state index is 6.14. The lowest BCUT2D eigenvalue weighted by Gasteiger charge is -2.11. The molecule has 18 heavy (non-hydrogen) atoms. The first kappa shape index (κ1) is 11.4. The van der Waals surface area contributed by atoms with E-state index in [-0.39, 0.29) is 6.04 Å². The molecule has 3 rings (SSSR count). The minimum atomic E-state index is 0.0780.